The Labute approximate surface area is 202 Å². The van der Waals surface area contributed by atoms with Crippen LogP contribution in [0.5, 0.6) is 0 Å². The fourth-order valence-electron chi connectivity index (χ4n) is 3.66. The van der Waals surface area contributed by atoms with E-state index in [1.807, 2.05) is 0 Å². The monoisotopic (exact) mass is 472 g/mol. The van der Waals surface area contributed by atoms with Crippen molar-refractivity contribution in [3.63, 3.8) is 0 Å². The van der Waals surface area contributed by atoms with Gasteiger partial charge in [0.25, 0.3) is 0 Å². The first kappa shape index (κ1) is 23.8. The van der Waals surface area contributed by atoms with E-state index in [1.165, 1.54) is 0 Å². The fourth-order valence-corrected chi connectivity index (χ4v) is 3.66. The molecule has 0 aromatic heterocycles. The number of carbonyl (C=O) groups excluding carboxylic acids is 3. The second-order valence-electron chi connectivity index (χ2n) is 7.93. The fraction of sp³-hybridized carbons (Fsp3) is 0.179. The van der Waals surface area contributed by atoms with Crippen LogP contribution in [0.4, 0.5) is 0 Å². The topological polar surface area (TPSA) is 88.1 Å². The van der Waals surface area contributed by atoms with Crippen molar-refractivity contribution in [2.75, 3.05) is 0 Å². The van der Waals surface area contributed by atoms with Gasteiger partial charge in [-0.15, -0.1) is 0 Å². The van der Waals surface area contributed by atoms with E-state index in [0.29, 0.717) is 16.7 Å². The Hall–Kier alpha value is -4.39. The van der Waals surface area contributed by atoms with E-state index in [4.69, 9.17) is 18.9 Å². The van der Waals surface area contributed by atoms with Gasteiger partial charge in [-0.25, -0.2) is 14.4 Å². The highest BCUT2D eigenvalue weighted by Crippen LogP contribution is 2.32. The smallest absolute Gasteiger partial charge is 0.343 e. The van der Waals surface area contributed by atoms with Crippen LogP contribution in [0.3, 0.4) is 0 Å². The lowest BCUT2D eigenvalue weighted by Crippen LogP contribution is -2.48. The summed E-state index contributed by atoms with van der Waals surface area (Å²) in [6.07, 6.45) is -2.97. The Morgan fingerprint density at radius 1 is 0.657 bits per heavy atom. The molecule has 35 heavy (non-hydrogen) atoms. The molecule has 0 aliphatic carbocycles. The highest BCUT2D eigenvalue weighted by Gasteiger charge is 2.45. The lowest BCUT2D eigenvalue weighted by atomic mass is 10.0. The van der Waals surface area contributed by atoms with Gasteiger partial charge in [-0.05, 0) is 50.2 Å². The van der Waals surface area contributed by atoms with Gasteiger partial charge >= 0.3 is 17.9 Å². The molecule has 1 aliphatic rings. The van der Waals surface area contributed by atoms with Gasteiger partial charge in [-0.2, -0.15) is 0 Å². The Balaban J connectivity index is 1.66. The molecule has 0 saturated carbocycles. The average molecular weight is 472 g/mol. The third-order valence-corrected chi connectivity index (χ3v) is 5.44. The number of carbonyl (C=O) groups is 3. The standard InChI is InChI=1S/C28H24O7/c1-18-23(33-26(29)20-12-6-3-7-13-20)25(35-28(31)22-16-10-5-11-17-22)24(19(2)32-18)34-27(30)21-14-8-4-9-15-21/h3-18,23,25H,1-2H3/t18-,23-,25+/m1/s1. The van der Waals surface area contributed by atoms with Crippen molar-refractivity contribution in [2.45, 2.75) is 32.2 Å². The van der Waals surface area contributed by atoms with Crippen LogP contribution < -0.4 is 0 Å². The summed E-state index contributed by atoms with van der Waals surface area (Å²) in [5.74, 6) is -1.73. The summed E-state index contributed by atoms with van der Waals surface area (Å²) in [6, 6.07) is 25.2. The van der Waals surface area contributed by atoms with Gasteiger partial charge in [-0.1, -0.05) is 54.6 Å². The first-order chi connectivity index (χ1) is 16.9. The average Bonchev–Trinajstić information content (AvgIpc) is 2.89. The summed E-state index contributed by atoms with van der Waals surface area (Å²) in [5, 5.41) is 0. The molecular formula is C28H24O7. The predicted octanol–water partition coefficient (Wildman–Crippen LogP) is 4.94. The molecule has 0 unspecified atom stereocenters. The Morgan fingerprint density at radius 2 is 1.09 bits per heavy atom. The minimum atomic E-state index is -1.22. The maximum absolute atomic E-state index is 13.0. The normalized spacial score (nSPS) is 19.3. The quantitative estimate of drug-likeness (QED) is 0.371. The molecule has 3 atom stereocenters. The first-order valence-electron chi connectivity index (χ1n) is 11.1. The molecular weight excluding hydrogens is 448 g/mol. The first-order valence-corrected chi connectivity index (χ1v) is 11.1. The highest BCUT2D eigenvalue weighted by atomic mass is 16.6. The zero-order chi connectivity index (χ0) is 24.8. The molecule has 3 aromatic rings. The van der Waals surface area contributed by atoms with Gasteiger partial charge in [-0.3, -0.25) is 0 Å². The molecule has 7 heteroatoms. The number of rotatable bonds is 6. The molecule has 0 N–H and O–H groups in total. The third kappa shape index (κ3) is 5.58. The summed E-state index contributed by atoms with van der Waals surface area (Å²) in [6.45, 7) is 3.29. The van der Waals surface area contributed by atoms with E-state index in [1.54, 1.807) is 105 Å². The van der Waals surface area contributed by atoms with Gasteiger partial charge < -0.3 is 18.9 Å². The van der Waals surface area contributed by atoms with E-state index in [0.717, 1.165) is 0 Å². The van der Waals surface area contributed by atoms with E-state index >= 15 is 0 Å². The van der Waals surface area contributed by atoms with Crippen LogP contribution in [0.2, 0.25) is 0 Å². The largest absolute Gasteiger partial charge is 0.488 e. The molecule has 178 valence electrons. The molecule has 0 spiro atoms. The Kier molecular flexibility index (Phi) is 7.26. The van der Waals surface area contributed by atoms with Crippen molar-refractivity contribution in [3.05, 3.63) is 119 Å². The maximum atomic E-state index is 13.0. The lowest BCUT2D eigenvalue weighted by Gasteiger charge is -2.36. The summed E-state index contributed by atoms with van der Waals surface area (Å²) in [5.41, 5.74) is 0.922. The molecule has 4 rings (SSSR count). The molecule has 0 fully saturated rings. The second-order valence-corrected chi connectivity index (χ2v) is 7.93. The van der Waals surface area contributed by atoms with Crippen molar-refractivity contribution in [3.8, 4) is 0 Å². The Bertz CT molecular complexity index is 1220. The number of benzene rings is 3. The van der Waals surface area contributed by atoms with Gasteiger partial charge in [0.1, 0.15) is 11.9 Å². The highest BCUT2D eigenvalue weighted by molar-refractivity contribution is 5.91. The molecule has 0 amide bonds. The minimum Gasteiger partial charge on any atom is -0.488 e. The van der Waals surface area contributed by atoms with Crippen LogP contribution in [-0.4, -0.2) is 36.2 Å². The number of hydrogen-bond donors (Lipinski definition) is 0. The minimum absolute atomic E-state index is 0.0351. The number of allylic oxidation sites excluding steroid dienone is 1. The number of esters is 3. The van der Waals surface area contributed by atoms with Crippen LogP contribution in [0.1, 0.15) is 44.9 Å². The van der Waals surface area contributed by atoms with Crippen LogP contribution in [0.15, 0.2) is 103 Å². The van der Waals surface area contributed by atoms with Crippen LogP contribution >= 0.6 is 0 Å². The molecule has 7 nitrogen and oxygen atoms in total. The second kappa shape index (κ2) is 10.7. The van der Waals surface area contributed by atoms with Gasteiger partial charge in [0.05, 0.1) is 16.7 Å². The maximum Gasteiger partial charge on any atom is 0.343 e. The molecule has 1 heterocycles. The molecule has 0 saturated heterocycles. The predicted molar refractivity (Wildman–Crippen MR) is 126 cm³/mol. The van der Waals surface area contributed by atoms with Gasteiger partial charge in [0.15, 0.2) is 11.9 Å². The summed E-state index contributed by atoms with van der Waals surface area (Å²) in [7, 11) is 0. The lowest BCUT2D eigenvalue weighted by molar-refractivity contribution is -0.105. The van der Waals surface area contributed by atoms with Crippen LogP contribution in [0, 0.1) is 0 Å². The summed E-state index contributed by atoms with van der Waals surface area (Å²) < 4.78 is 23.0. The van der Waals surface area contributed by atoms with E-state index in [2.05, 4.69) is 0 Å². The Morgan fingerprint density at radius 3 is 1.57 bits per heavy atom. The summed E-state index contributed by atoms with van der Waals surface area (Å²) in [4.78, 5) is 38.6. The molecule has 0 bridgehead atoms. The van der Waals surface area contributed by atoms with E-state index in [9.17, 15) is 14.4 Å². The van der Waals surface area contributed by atoms with Crippen molar-refractivity contribution in [1.29, 1.82) is 0 Å². The molecule has 0 radical (unpaired) electrons. The zero-order valence-electron chi connectivity index (χ0n) is 19.3. The molecule has 3 aromatic carbocycles. The number of ether oxygens (including phenoxy) is 4. The summed E-state index contributed by atoms with van der Waals surface area (Å²) >= 11 is 0. The van der Waals surface area contributed by atoms with Crippen molar-refractivity contribution < 1.29 is 33.3 Å². The van der Waals surface area contributed by atoms with Crippen molar-refractivity contribution in [1.82, 2.24) is 0 Å². The van der Waals surface area contributed by atoms with E-state index < -0.39 is 36.2 Å². The van der Waals surface area contributed by atoms with Crippen molar-refractivity contribution >= 4 is 17.9 Å². The third-order valence-electron chi connectivity index (χ3n) is 5.44. The van der Waals surface area contributed by atoms with E-state index in [-0.39, 0.29) is 11.5 Å². The van der Waals surface area contributed by atoms with Crippen molar-refractivity contribution in [2.24, 2.45) is 0 Å². The zero-order valence-corrected chi connectivity index (χ0v) is 19.3. The van der Waals surface area contributed by atoms with Gasteiger partial charge in [0.2, 0.25) is 6.10 Å². The molecule has 1 aliphatic heterocycles. The van der Waals surface area contributed by atoms with Gasteiger partial charge in [0, 0.05) is 0 Å². The van der Waals surface area contributed by atoms with Crippen LogP contribution in [0.25, 0.3) is 0 Å². The number of hydrogen-bond acceptors (Lipinski definition) is 7. The van der Waals surface area contributed by atoms with Crippen LogP contribution in [-0.2, 0) is 18.9 Å². The SMILES string of the molecule is CC1=C(OC(=O)c2ccccc2)[C@@H](OC(=O)c2ccccc2)[C@H](OC(=O)c2ccccc2)[C@@H](C)O1.